The molecule has 7 nitrogen and oxygen atoms in total. The molecule has 3 aliphatic heterocycles. The summed E-state index contributed by atoms with van der Waals surface area (Å²) in [5.41, 5.74) is 6.68. The van der Waals surface area contributed by atoms with Gasteiger partial charge in [0.2, 0.25) is 17.7 Å². The molecule has 4 atom stereocenters. The minimum atomic E-state index is -0.843. The van der Waals surface area contributed by atoms with Crippen LogP contribution >= 0.6 is 0 Å². The van der Waals surface area contributed by atoms with Crippen molar-refractivity contribution in [2.75, 3.05) is 13.1 Å². The maximum Gasteiger partial charge on any atom is 0.245 e. The molecule has 3 amide bonds. The number of carbonyl (C=O) groups excluding carboxylic acids is 3. The number of carbonyl (C=O) groups is 3. The summed E-state index contributed by atoms with van der Waals surface area (Å²) in [6, 6.07) is 15.1. The van der Waals surface area contributed by atoms with Gasteiger partial charge in [0.25, 0.3) is 0 Å². The minimum Gasteiger partial charge on any atom is -0.354 e. The molecular weight excluding hydrogens is 459 g/mol. The average molecular weight is 493 g/mol. The molecule has 3 N–H and O–H groups in total. The Morgan fingerprint density at radius 3 is 2.56 bits per heavy atom. The molecule has 3 heterocycles. The van der Waals surface area contributed by atoms with Crippen molar-refractivity contribution in [3.05, 3.63) is 71.5 Å². The van der Waals surface area contributed by atoms with Crippen LogP contribution in [0.3, 0.4) is 0 Å². The summed E-state index contributed by atoms with van der Waals surface area (Å²) in [5.74, 6) is -1.11. The Bertz CT molecular complexity index is 1130. The smallest absolute Gasteiger partial charge is 0.245 e. The highest BCUT2D eigenvalue weighted by Crippen LogP contribution is 2.57. The monoisotopic (exact) mass is 492 g/mol. The van der Waals surface area contributed by atoms with Crippen molar-refractivity contribution >= 4 is 17.7 Å². The molecule has 0 aromatic heterocycles. The first kappa shape index (κ1) is 24.4. The highest BCUT2D eigenvalue weighted by molar-refractivity contribution is 5.97. The van der Waals surface area contributed by atoms with Crippen LogP contribution < -0.4 is 11.1 Å². The zero-order valence-corrected chi connectivity index (χ0v) is 20.4. The molecule has 0 saturated carbocycles. The van der Waals surface area contributed by atoms with Crippen molar-refractivity contribution in [2.24, 2.45) is 11.7 Å². The van der Waals surface area contributed by atoms with E-state index in [9.17, 15) is 18.8 Å². The highest BCUT2D eigenvalue weighted by atomic mass is 19.1. The lowest BCUT2D eigenvalue weighted by Gasteiger charge is -2.40. The Hall–Kier alpha value is -3.26. The van der Waals surface area contributed by atoms with Crippen LogP contribution in [-0.4, -0.2) is 58.2 Å². The van der Waals surface area contributed by atoms with Crippen molar-refractivity contribution in [1.82, 2.24) is 15.1 Å². The van der Waals surface area contributed by atoms with Crippen LogP contribution in [0.2, 0.25) is 0 Å². The van der Waals surface area contributed by atoms with Crippen LogP contribution in [0.4, 0.5) is 4.39 Å². The average Bonchev–Trinajstić information content (AvgIpc) is 3.49. The number of amides is 3. The van der Waals surface area contributed by atoms with Gasteiger partial charge >= 0.3 is 0 Å². The van der Waals surface area contributed by atoms with Gasteiger partial charge in [-0.2, -0.15) is 0 Å². The first-order valence-electron chi connectivity index (χ1n) is 12.8. The van der Waals surface area contributed by atoms with Crippen LogP contribution in [0.25, 0.3) is 0 Å². The van der Waals surface area contributed by atoms with Gasteiger partial charge in [0, 0.05) is 25.6 Å². The van der Waals surface area contributed by atoms with E-state index in [0.717, 1.165) is 17.5 Å². The van der Waals surface area contributed by atoms with Crippen molar-refractivity contribution in [3.63, 3.8) is 0 Å². The Balaban J connectivity index is 1.44. The lowest BCUT2D eigenvalue weighted by Crippen LogP contribution is -2.61. The molecule has 2 bridgehead atoms. The van der Waals surface area contributed by atoms with E-state index < -0.39 is 17.5 Å². The zero-order valence-electron chi connectivity index (χ0n) is 20.4. The van der Waals surface area contributed by atoms with E-state index in [0.29, 0.717) is 45.2 Å². The fourth-order valence-corrected chi connectivity index (χ4v) is 6.60. The number of likely N-dealkylation sites (tertiary alicyclic amines) is 1. The fourth-order valence-electron chi connectivity index (χ4n) is 6.60. The molecule has 3 fully saturated rings. The van der Waals surface area contributed by atoms with Crippen LogP contribution in [0.15, 0.2) is 54.6 Å². The van der Waals surface area contributed by atoms with Crippen LogP contribution in [0, 0.1) is 11.7 Å². The molecule has 0 radical (unpaired) electrons. The number of hydrogen-bond donors (Lipinski definition) is 2. The molecule has 190 valence electrons. The lowest BCUT2D eigenvalue weighted by atomic mass is 9.75. The normalized spacial score (nSPS) is 26.4. The molecule has 5 rings (SSSR count). The Kier molecular flexibility index (Phi) is 6.79. The largest absolute Gasteiger partial charge is 0.354 e. The van der Waals surface area contributed by atoms with Gasteiger partial charge in [-0.3, -0.25) is 14.4 Å². The summed E-state index contributed by atoms with van der Waals surface area (Å²) in [4.78, 5) is 44.4. The molecule has 1 spiro atoms. The molecule has 3 aliphatic rings. The summed E-state index contributed by atoms with van der Waals surface area (Å²) < 4.78 is 13.5. The maximum absolute atomic E-state index is 13.8. The molecule has 2 aromatic carbocycles. The lowest BCUT2D eigenvalue weighted by molar-refractivity contribution is -0.142. The van der Waals surface area contributed by atoms with Crippen molar-refractivity contribution in [1.29, 1.82) is 0 Å². The van der Waals surface area contributed by atoms with Gasteiger partial charge < -0.3 is 20.9 Å². The summed E-state index contributed by atoms with van der Waals surface area (Å²) in [6.07, 6.45) is 3.56. The van der Waals surface area contributed by atoms with E-state index in [2.05, 4.69) is 5.32 Å². The van der Waals surface area contributed by atoms with Gasteiger partial charge in [0.05, 0.1) is 11.5 Å². The van der Waals surface area contributed by atoms with E-state index in [-0.39, 0.29) is 36.1 Å². The number of nitrogens with one attached hydrogen (secondary N) is 1. The summed E-state index contributed by atoms with van der Waals surface area (Å²) in [5, 5.41) is 3.06. The number of rotatable bonds is 9. The summed E-state index contributed by atoms with van der Waals surface area (Å²) in [7, 11) is 0. The fraction of sp³-hybridized carbons (Fsp3) is 0.464. The Labute approximate surface area is 210 Å². The molecule has 3 saturated heterocycles. The topological polar surface area (TPSA) is 95.7 Å². The van der Waals surface area contributed by atoms with Crippen molar-refractivity contribution in [3.8, 4) is 0 Å². The standard InChI is InChI=1S/C28H33FN4O3/c29-21-10-8-20(9-11-21)18-32-25(26(35)31-16-13-19-5-2-1-3-6-19)28-14-12-22(17-23(28)27(32)36)33(28)24(34)7-4-15-30/h1-3,5-6,8-11,22-23,25H,4,7,12-18,30H2,(H,31,35)/t22?,23-,25+,28?/m1/s1. The molecule has 2 aromatic rings. The van der Waals surface area contributed by atoms with Gasteiger partial charge in [-0.25, -0.2) is 4.39 Å². The van der Waals surface area contributed by atoms with E-state index in [1.807, 2.05) is 35.2 Å². The van der Waals surface area contributed by atoms with E-state index in [1.165, 1.54) is 12.1 Å². The molecule has 36 heavy (non-hydrogen) atoms. The SMILES string of the molecule is NCCCC(=O)N1C2CCC13[C@H](C2)C(=O)N(Cc1ccc(F)cc1)[C@H]3C(=O)NCCc1ccccc1. The Morgan fingerprint density at radius 1 is 1.08 bits per heavy atom. The number of halogens is 1. The minimum absolute atomic E-state index is 0.0168. The third-order valence-corrected chi connectivity index (χ3v) is 8.10. The van der Waals surface area contributed by atoms with E-state index >= 15 is 0 Å². The summed E-state index contributed by atoms with van der Waals surface area (Å²) >= 11 is 0. The van der Waals surface area contributed by atoms with Gasteiger partial charge in [-0.15, -0.1) is 0 Å². The number of fused-ring (bicyclic) bond motifs is 1. The number of hydrogen-bond acceptors (Lipinski definition) is 4. The first-order valence-corrected chi connectivity index (χ1v) is 12.8. The maximum atomic E-state index is 13.8. The third-order valence-electron chi connectivity index (χ3n) is 8.10. The molecule has 0 aliphatic carbocycles. The molecule has 8 heteroatoms. The van der Waals surface area contributed by atoms with Gasteiger partial charge in [0.1, 0.15) is 11.9 Å². The van der Waals surface area contributed by atoms with Gasteiger partial charge in [0.15, 0.2) is 0 Å². The summed E-state index contributed by atoms with van der Waals surface area (Å²) in [6.45, 7) is 1.05. The highest BCUT2D eigenvalue weighted by Gasteiger charge is 2.72. The van der Waals surface area contributed by atoms with Gasteiger partial charge in [-0.05, 0) is 61.9 Å². The number of nitrogens with zero attached hydrogens (tertiary/aromatic N) is 2. The van der Waals surface area contributed by atoms with Crippen molar-refractivity contribution < 1.29 is 18.8 Å². The number of benzene rings is 2. The van der Waals surface area contributed by atoms with Gasteiger partial charge in [-0.1, -0.05) is 42.5 Å². The quantitative estimate of drug-likeness (QED) is 0.562. The van der Waals surface area contributed by atoms with Crippen LogP contribution in [-0.2, 0) is 27.3 Å². The second-order valence-electron chi connectivity index (χ2n) is 10.1. The predicted molar refractivity (Wildman–Crippen MR) is 133 cm³/mol. The van der Waals surface area contributed by atoms with E-state index in [1.54, 1.807) is 17.0 Å². The number of nitrogens with two attached hydrogens (primary N) is 1. The predicted octanol–water partition coefficient (Wildman–Crippen LogP) is 2.38. The zero-order chi connectivity index (χ0) is 25.3. The third kappa shape index (κ3) is 4.17. The Morgan fingerprint density at radius 2 is 1.83 bits per heavy atom. The molecule has 2 unspecified atom stereocenters. The van der Waals surface area contributed by atoms with E-state index in [4.69, 9.17) is 5.73 Å². The second-order valence-corrected chi connectivity index (χ2v) is 10.1. The van der Waals surface area contributed by atoms with Crippen molar-refractivity contribution in [2.45, 2.75) is 62.7 Å². The van der Waals surface area contributed by atoms with Crippen LogP contribution in [0.5, 0.6) is 0 Å². The first-order chi connectivity index (χ1) is 17.5. The second kappa shape index (κ2) is 10.0. The van der Waals surface area contributed by atoms with Crippen LogP contribution in [0.1, 0.15) is 43.2 Å². The molecular formula is C28H33FN4O3.